The van der Waals surface area contributed by atoms with Crippen LogP contribution < -0.4 is 11.1 Å². The van der Waals surface area contributed by atoms with E-state index in [4.69, 9.17) is 5.73 Å². The number of piperidine rings is 1. The van der Waals surface area contributed by atoms with Crippen molar-refractivity contribution in [1.29, 1.82) is 0 Å². The number of aryl methyl sites for hydroxylation is 1. The molecule has 0 amide bonds. The summed E-state index contributed by atoms with van der Waals surface area (Å²) in [6.07, 6.45) is 4.36. The highest BCUT2D eigenvalue weighted by atomic mass is 15.2. The zero-order chi connectivity index (χ0) is 13.7. The summed E-state index contributed by atoms with van der Waals surface area (Å²) in [5, 5.41) is 3.51. The van der Waals surface area contributed by atoms with Gasteiger partial charge in [-0.25, -0.2) is 9.97 Å². The molecule has 5 heteroatoms. The standard InChI is InChI=1S/C14H25N5/c1-3-6-13-17-12(15)9-14(18-13)16-11-7-5-8-19(4-2)10-11/h9,11H,3-8,10H2,1-2H3,(H3,15,16,17,18). The summed E-state index contributed by atoms with van der Waals surface area (Å²) in [5.41, 5.74) is 5.85. The van der Waals surface area contributed by atoms with Crippen molar-refractivity contribution in [2.75, 3.05) is 30.7 Å². The Labute approximate surface area is 115 Å². The molecule has 0 bridgehead atoms. The number of likely N-dealkylation sites (tertiary alicyclic amines) is 1. The van der Waals surface area contributed by atoms with Crippen LogP contribution in [-0.4, -0.2) is 40.5 Å². The number of nitrogens with two attached hydrogens (primary N) is 1. The van der Waals surface area contributed by atoms with Crippen molar-refractivity contribution in [3.63, 3.8) is 0 Å². The van der Waals surface area contributed by atoms with Crippen molar-refractivity contribution in [1.82, 2.24) is 14.9 Å². The topological polar surface area (TPSA) is 67.1 Å². The van der Waals surface area contributed by atoms with Crippen LogP contribution in [0.5, 0.6) is 0 Å². The predicted molar refractivity (Wildman–Crippen MR) is 79.2 cm³/mol. The monoisotopic (exact) mass is 263 g/mol. The molecule has 106 valence electrons. The average Bonchev–Trinajstić information content (AvgIpc) is 2.38. The quantitative estimate of drug-likeness (QED) is 0.849. The fourth-order valence-corrected chi connectivity index (χ4v) is 2.60. The molecule has 0 aromatic carbocycles. The molecule has 1 aliphatic rings. The van der Waals surface area contributed by atoms with Crippen LogP contribution in [0.2, 0.25) is 0 Å². The highest BCUT2D eigenvalue weighted by Gasteiger charge is 2.19. The molecular weight excluding hydrogens is 238 g/mol. The summed E-state index contributed by atoms with van der Waals surface area (Å²) in [4.78, 5) is 11.3. The first-order valence-electron chi connectivity index (χ1n) is 7.33. The number of anilines is 2. The number of nitrogens with one attached hydrogen (secondary N) is 1. The van der Waals surface area contributed by atoms with E-state index in [2.05, 4.69) is 34.0 Å². The van der Waals surface area contributed by atoms with E-state index in [1.807, 2.05) is 6.07 Å². The predicted octanol–water partition coefficient (Wildman–Crippen LogP) is 1.91. The maximum atomic E-state index is 5.85. The summed E-state index contributed by atoms with van der Waals surface area (Å²) in [5.74, 6) is 2.27. The van der Waals surface area contributed by atoms with Gasteiger partial charge in [-0.15, -0.1) is 0 Å². The van der Waals surface area contributed by atoms with Crippen molar-refractivity contribution < 1.29 is 0 Å². The lowest BCUT2D eigenvalue weighted by Crippen LogP contribution is -2.42. The van der Waals surface area contributed by atoms with Gasteiger partial charge < -0.3 is 16.0 Å². The number of nitrogen functional groups attached to an aromatic ring is 1. The molecular formula is C14H25N5. The number of hydrogen-bond acceptors (Lipinski definition) is 5. The van der Waals surface area contributed by atoms with Gasteiger partial charge in [0.15, 0.2) is 0 Å². The molecule has 0 saturated carbocycles. The third kappa shape index (κ3) is 4.06. The molecule has 1 aromatic rings. The molecule has 19 heavy (non-hydrogen) atoms. The maximum absolute atomic E-state index is 5.85. The Morgan fingerprint density at radius 2 is 2.26 bits per heavy atom. The van der Waals surface area contributed by atoms with Crippen LogP contribution in [-0.2, 0) is 6.42 Å². The zero-order valence-electron chi connectivity index (χ0n) is 12.0. The van der Waals surface area contributed by atoms with E-state index in [1.54, 1.807) is 0 Å². The molecule has 2 rings (SSSR count). The Morgan fingerprint density at radius 3 is 3.00 bits per heavy atom. The third-order valence-corrected chi connectivity index (χ3v) is 3.57. The lowest BCUT2D eigenvalue weighted by Gasteiger charge is -2.32. The van der Waals surface area contributed by atoms with E-state index in [9.17, 15) is 0 Å². The molecule has 1 saturated heterocycles. The third-order valence-electron chi connectivity index (χ3n) is 3.57. The minimum absolute atomic E-state index is 0.470. The molecule has 0 spiro atoms. The van der Waals surface area contributed by atoms with Crippen LogP contribution in [0, 0.1) is 0 Å². The molecule has 1 aromatic heterocycles. The molecule has 3 N–H and O–H groups in total. The lowest BCUT2D eigenvalue weighted by molar-refractivity contribution is 0.226. The molecule has 1 aliphatic heterocycles. The second-order valence-electron chi connectivity index (χ2n) is 5.22. The molecule has 1 unspecified atom stereocenters. The number of likely N-dealkylation sites (N-methyl/N-ethyl adjacent to an activating group) is 1. The maximum Gasteiger partial charge on any atom is 0.133 e. The van der Waals surface area contributed by atoms with Gasteiger partial charge in [-0.3, -0.25) is 0 Å². The Kier molecular flexibility index (Phi) is 4.96. The fraction of sp³-hybridized carbons (Fsp3) is 0.714. The van der Waals surface area contributed by atoms with Gasteiger partial charge >= 0.3 is 0 Å². The van der Waals surface area contributed by atoms with E-state index in [0.717, 1.165) is 37.6 Å². The van der Waals surface area contributed by atoms with Crippen LogP contribution in [0.1, 0.15) is 38.9 Å². The Balaban J connectivity index is 2.01. The molecule has 0 aliphatic carbocycles. The van der Waals surface area contributed by atoms with Gasteiger partial charge in [-0.1, -0.05) is 13.8 Å². The van der Waals surface area contributed by atoms with Crippen molar-refractivity contribution in [2.45, 2.75) is 45.6 Å². The van der Waals surface area contributed by atoms with Crippen LogP contribution in [0.4, 0.5) is 11.6 Å². The van der Waals surface area contributed by atoms with Gasteiger partial charge in [-0.2, -0.15) is 0 Å². The number of hydrogen-bond donors (Lipinski definition) is 2. The van der Waals surface area contributed by atoms with E-state index in [-0.39, 0.29) is 0 Å². The van der Waals surface area contributed by atoms with Gasteiger partial charge in [-0.05, 0) is 32.4 Å². The van der Waals surface area contributed by atoms with Crippen LogP contribution in [0.15, 0.2) is 6.07 Å². The summed E-state index contributed by atoms with van der Waals surface area (Å²) in [7, 11) is 0. The highest BCUT2D eigenvalue weighted by Crippen LogP contribution is 2.16. The summed E-state index contributed by atoms with van der Waals surface area (Å²) in [6, 6.07) is 2.31. The zero-order valence-corrected chi connectivity index (χ0v) is 12.0. The van der Waals surface area contributed by atoms with Gasteiger partial charge in [0.25, 0.3) is 0 Å². The Morgan fingerprint density at radius 1 is 1.42 bits per heavy atom. The molecule has 1 atom stereocenters. The SMILES string of the molecule is CCCc1nc(N)cc(NC2CCCN(CC)C2)n1. The fourth-order valence-electron chi connectivity index (χ4n) is 2.60. The summed E-state index contributed by atoms with van der Waals surface area (Å²) in [6.45, 7) is 7.75. The van der Waals surface area contributed by atoms with Crippen LogP contribution >= 0.6 is 0 Å². The first-order valence-corrected chi connectivity index (χ1v) is 7.33. The van der Waals surface area contributed by atoms with E-state index < -0.39 is 0 Å². The molecule has 1 fully saturated rings. The second-order valence-corrected chi connectivity index (χ2v) is 5.22. The largest absolute Gasteiger partial charge is 0.384 e. The minimum Gasteiger partial charge on any atom is -0.384 e. The smallest absolute Gasteiger partial charge is 0.133 e. The number of rotatable bonds is 5. The van der Waals surface area contributed by atoms with E-state index in [1.165, 1.54) is 19.4 Å². The normalized spacial score (nSPS) is 20.4. The first-order chi connectivity index (χ1) is 9.21. The molecule has 2 heterocycles. The number of nitrogens with zero attached hydrogens (tertiary/aromatic N) is 3. The molecule has 0 radical (unpaired) electrons. The minimum atomic E-state index is 0.470. The van der Waals surface area contributed by atoms with Gasteiger partial charge in [0.2, 0.25) is 0 Å². The van der Waals surface area contributed by atoms with E-state index in [0.29, 0.717) is 11.9 Å². The van der Waals surface area contributed by atoms with Gasteiger partial charge in [0, 0.05) is 25.1 Å². The molecule has 5 nitrogen and oxygen atoms in total. The lowest BCUT2D eigenvalue weighted by atomic mass is 10.1. The summed E-state index contributed by atoms with van der Waals surface area (Å²) >= 11 is 0. The van der Waals surface area contributed by atoms with Crippen LogP contribution in [0.3, 0.4) is 0 Å². The highest BCUT2D eigenvalue weighted by molar-refractivity contribution is 5.45. The summed E-state index contributed by atoms with van der Waals surface area (Å²) < 4.78 is 0. The van der Waals surface area contributed by atoms with Crippen molar-refractivity contribution in [2.24, 2.45) is 0 Å². The van der Waals surface area contributed by atoms with Crippen LogP contribution in [0.25, 0.3) is 0 Å². The second kappa shape index (κ2) is 6.70. The van der Waals surface area contributed by atoms with Crippen molar-refractivity contribution in [3.05, 3.63) is 11.9 Å². The Hall–Kier alpha value is -1.36. The number of aromatic nitrogens is 2. The average molecular weight is 263 g/mol. The Bertz CT molecular complexity index is 407. The van der Waals surface area contributed by atoms with Crippen molar-refractivity contribution in [3.8, 4) is 0 Å². The van der Waals surface area contributed by atoms with E-state index >= 15 is 0 Å². The van der Waals surface area contributed by atoms with Gasteiger partial charge in [0.05, 0.1) is 0 Å². The van der Waals surface area contributed by atoms with Gasteiger partial charge in [0.1, 0.15) is 17.5 Å². The van der Waals surface area contributed by atoms with Crippen molar-refractivity contribution >= 4 is 11.6 Å². The first kappa shape index (κ1) is 14.1.